The van der Waals surface area contributed by atoms with Gasteiger partial charge >= 0.3 is 0 Å². The minimum absolute atomic E-state index is 0.124. The Balaban J connectivity index is 1.58. The molecular formula is C19H16BrF3N2O2. The Bertz CT molecular complexity index is 883. The Labute approximate surface area is 162 Å². The van der Waals surface area contributed by atoms with Gasteiger partial charge in [-0.15, -0.1) is 0 Å². The van der Waals surface area contributed by atoms with Gasteiger partial charge in [0.05, 0.1) is 16.5 Å². The number of carbonyl (C=O) groups is 2. The third kappa shape index (κ3) is 4.50. The Morgan fingerprint density at radius 3 is 2.19 bits per heavy atom. The monoisotopic (exact) mass is 440 g/mol. The molecule has 3 rings (SSSR count). The van der Waals surface area contributed by atoms with Gasteiger partial charge in [-0.3, -0.25) is 9.59 Å². The predicted octanol–water partition coefficient (Wildman–Crippen LogP) is 3.39. The van der Waals surface area contributed by atoms with E-state index in [-0.39, 0.29) is 31.0 Å². The average Bonchev–Trinajstić information content (AvgIpc) is 2.64. The fourth-order valence-electron chi connectivity index (χ4n) is 2.93. The maximum atomic E-state index is 13.8. The van der Waals surface area contributed by atoms with Crippen molar-refractivity contribution in [2.45, 2.75) is 6.42 Å². The van der Waals surface area contributed by atoms with Gasteiger partial charge in [-0.05, 0) is 45.8 Å². The summed E-state index contributed by atoms with van der Waals surface area (Å²) in [5.41, 5.74) is 0.493. The van der Waals surface area contributed by atoms with Crippen molar-refractivity contribution >= 4 is 27.7 Å². The lowest BCUT2D eigenvalue weighted by Gasteiger charge is -2.35. The van der Waals surface area contributed by atoms with Crippen LogP contribution in [0.15, 0.2) is 40.9 Å². The molecule has 0 atom stereocenters. The molecule has 2 aromatic rings. The molecular weight excluding hydrogens is 425 g/mol. The molecule has 0 radical (unpaired) electrons. The Morgan fingerprint density at radius 2 is 1.56 bits per heavy atom. The van der Waals surface area contributed by atoms with Gasteiger partial charge in [0.25, 0.3) is 5.91 Å². The van der Waals surface area contributed by atoms with Crippen LogP contribution in [0.25, 0.3) is 0 Å². The van der Waals surface area contributed by atoms with Gasteiger partial charge in [0, 0.05) is 32.2 Å². The van der Waals surface area contributed by atoms with Crippen molar-refractivity contribution < 1.29 is 22.8 Å². The highest BCUT2D eigenvalue weighted by molar-refractivity contribution is 9.10. The lowest BCUT2D eigenvalue weighted by atomic mass is 10.1. The predicted molar refractivity (Wildman–Crippen MR) is 96.6 cm³/mol. The number of piperazine rings is 1. The molecule has 0 N–H and O–H groups in total. The van der Waals surface area contributed by atoms with Crippen LogP contribution in [0.2, 0.25) is 0 Å². The molecule has 0 spiro atoms. The van der Waals surface area contributed by atoms with Crippen molar-refractivity contribution in [1.82, 2.24) is 9.80 Å². The first-order chi connectivity index (χ1) is 12.8. The molecule has 0 unspecified atom stereocenters. The first-order valence-electron chi connectivity index (χ1n) is 8.31. The molecule has 1 aliphatic rings. The van der Waals surface area contributed by atoms with Crippen molar-refractivity contribution in [3.05, 3.63) is 69.4 Å². The molecule has 0 bridgehead atoms. The Hall–Kier alpha value is -2.35. The third-order valence-electron chi connectivity index (χ3n) is 4.42. The summed E-state index contributed by atoms with van der Waals surface area (Å²) in [6.45, 7) is 1.15. The van der Waals surface area contributed by atoms with Gasteiger partial charge in [0.15, 0.2) is 0 Å². The summed E-state index contributed by atoms with van der Waals surface area (Å²) in [5.74, 6) is -2.70. The highest BCUT2D eigenvalue weighted by Gasteiger charge is 2.26. The zero-order valence-electron chi connectivity index (χ0n) is 14.2. The summed E-state index contributed by atoms with van der Waals surface area (Å²) in [4.78, 5) is 27.9. The number of nitrogens with zero attached hydrogens (tertiary/aromatic N) is 2. The number of rotatable bonds is 3. The molecule has 1 fully saturated rings. The molecule has 142 valence electrons. The molecule has 1 aliphatic heterocycles. The smallest absolute Gasteiger partial charge is 0.256 e. The molecule has 2 aromatic carbocycles. The second-order valence-electron chi connectivity index (χ2n) is 6.22. The maximum Gasteiger partial charge on any atom is 0.256 e. The normalized spacial score (nSPS) is 14.4. The SMILES string of the molecule is O=C(Cc1ccc(F)c(Br)c1)N1CCN(C(=O)c2ccc(F)cc2F)CC1. The standard InChI is InChI=1S/C19H16BrF3N2O2/c20-15-9-12(1-4-16(15)22)10-18(26)24-5-7-25(8-6-24)19(27)14-3-2-13(21)11-17(14)23/h1-4,9,11H,5-8,10H2. The first kappa shape index (κ1) is 19.4. The molecule has 0 aliphatic carbocycles. The van der Waals surface area contributed by atoms with Crippen LogP contribution in [-0.4, -0.2) is 47.8 Å². The van der Waals surface area contributed by atoms with E-state index in [0.29, 0.717) is 29.2 Å². The highest BCUT2D eigenvalue weighted by atomic mass is 79.9. The van der Waals surface area contributed by atoms with Gasteiger partial charge in [-0.2, -0.15) is 0 Å². The second-order valence-corrected chi connectivity index (χ2v) is 7.08. The van der Waals surface area contributed by atoms with Crippen LogP contribution < -0.4 is 0 Å². The number of carbonyl (C=O) groups excluding carboxylic acids is 2. The Kier molecular flexibility index (Phi) is 5.84. The van der Waals surface area contributed by atoms with Crippen LogP contribution in [0, 0.1) is 17.5 Å². The van der Waals surface area contributed by atoms with E-state index < -0.39 is 23.4 Å². The van der Waals surface area contributed by atoms with Crippen molar-refractivity contribution in [2.75, 3.05) is 26.2 Å². The zero-order valence-corrected chi connectivity index (χ0v) is 15.8. The molecule has 8 heteroatoms. The number of hydrogen-bond acceptors (Lipinski definition) is 2. The number of amides is 2. The van der Waals surface area contributed by atoms with Crippen LogP contribution >= 0.6 is 15.9 Å². The Morgan fingerprint density at radius 1 is 0.889 bits per heavy atom. The molecule has 0 aromatic heterocycles. The molecule has 4 nitrogen and oxygen atoms in total. The van der Waals surface area contributed by atoms with E-state index in [4.69, 9.17) is 0 Å². The van der Waals surface area contributed by atoms with Crippen molar-refractivity contribution in [3.63, 3.8) is 0 Å². The van der Waals surface area contributed by atoms with Crippen LogP contribution in [0.4, 0.5) is 13.2 Å². The summed E-state index contributed by atoms with van der Waals surface area (Å²) in [5, 5.41) is 0. The van der Waals surface area contributed by atoms with Crippen molar-refractivity contribution in [3.8, 4) is 0 Å². The molecule has 0 saturated carbocycles. The topological polar surface area (TPSA) is 40.6 Å². The largest absolute Gasteiger partial charge is 0.339 e. The fraction of sp³-hybridized carbons (Fsp3) is 0.263. The van der Waals surface area contributed by atoms with E-state index in [1.165, 1.54) is 11.0 Å². The van der Waals surface area contributed by atoms with E-state index in [2.05, 4.69) is 15.9 Å². The number of hydrogen-bond donors (Lipinski definition) is 0. The number of halogens is 4. The van der Waals surface area contributed by atoms with Gasteiger partial charge in [0.1, 0.15) is 17.5 Å². The molecule has 2 amide bonds. The molecule has 1 heterocycles. The van der Waals surface area contributed by atoms with Gasteiger partial charge in [0.2, 0.25) is 5.91 Å². The van der Waals surface area contributed by atoms with Crippen LogP contribution in [-0.2, 0) is 11.2 Å². The average molecular weight is 441 g/mol. The van der Waals surface area contributed by atoms with Gasteiger partial charge in [-0.1, -0.05) is 6.07 Å². The maximum absolute atomic E-state index is 13.8. The second kappa shape index (κ2) is 8.12. The van der Waals surface area contributed by atoms with Crippen LogP contribution in [0.5, 0.6) is 0 Å². The van der Waals surface area contributed by atoms with Crippen LogP contribution in [0.1, 0.15) is 15.9 Å². The fourth-order valence-corrected chi connectivity index (χ4v) is 3.35. The van der Waals surface area contributed by atoms with E-state index >= 15 is 0 Å². The minimum Gasteiger partial charge on any atom is -0.339 e. The lowest BCUT2D eigenvalue weighted by molar-refractivity contribution is -0.131. The molecule has 1 saturated heterocycles. The van der Waals surface area contributed by atoms with Gasteiger partial charge < -0.3 is 9.80 Å². The van der Waals surface area contributed by atoms with E-state index in [0.717, 1.165) is 12.1 Å². The quantitative estimate of drug-likeness (QED) is 0.733. The van der Waals surface area contributed by atoms with Crippen molar-refractivity contribution in [2.24, 2.45) is 0 Å². The summed E-state index contributed by atoms with van der Waals surface area (Å²) in [6, 6.07) is 7.24. The highest BCUT2D eigenvalue weighted by Crippen LogP contribution is 2.18. The zero-order chi connectivity index (χ0) is 19.6. The summed E-state index contributed by atoms with van der Waals surface area (Å²) >= 11 is 3.09. The van der Waals surface area contributed by atoms with Crippen LogP contribution in [0.3, 0.4) is 0 Å². The third-order valence-corrected chi connectivity index (χ3v) is 5.03. The van der Waals surface area contributed by atoms with Gasteiger partial charge in [-0.25, -0.2) is 13.2 Å². The summed E-state index contributed by atoms with van der Waals surface area (Å²) in [7, 11) is 0. The number of benzene rings is 2. The van der Waals surface area contributed by atoms with Crippen molar-refractivity contribution in [1.29, 1.82) is 0 Å². The summed E-state index contributed by atoms with van der Waals surface area (Å²) in [6.07, 6.45) is 0.124. The van der Waals surface area contributed by atoms with E-state index in [9.17, 15) is 22.8 Å². The first-order valence-corrected chi connectivity index (χ1v) is 9.10. The lowest BCUT2D eigenvalue weighted by Crippen LogP contribution is -2.51. The van der Waals surface area contributed by atoms with E-state index in [1.54, 1.807) is 17.0 Å². The summed E-state index contributed by atoms with van der Waals surface area (Å²) < 4.78 is 40.3. The molecule has 27 heavy (non-hydrogen) atoms. The van der Waals surface area contributed by atoms with E-state index in [1.807, 2.05) is 0 Å². The minimum atomic E-state index is -0.902.